The maximum Gasteiger partial charge on any atom is 0.256 e. The molecule has 1 aromatic carbocycles. The predicted molar refractivity (Wildman–Crippen MR) is 95.2 cm³/mol. The van der Waals surface area contributed by atoms with E-state index in [4.69, 9.17) is 11.6 Å². The monoisotopic (exact) mass is 365 g/mol. The number of rotatable bonds is 2. The number of carbonyl (C=O) groups excluding carboxylic acids is 2. The number of carbonyl (C=O) groups is 2. The zero-order valence-electron chi connectivity index (χ0n) is 14.4. The van der Waals surface area contributed by atoms with Crippen LogP contribution in [0.3, 0.4) is 0 Å². The van der Waals surface area contributed by atoms with Crippen LogP contribution >= 0.6 is 11.6 Å². The van der Waals surface area contributed by atoms with Crippen LogP contribution in [0.5, 0.6) is 0 Å². The van der Waals surface area contributed by atoms with Gasteiger partial charge >= 0.3 is 0 Å². The molecule has 0 aliphatic carbocycles. The molecule has 2 heterocycles. The number of amides is 2. The SMILES string of the molecule is CN1CCCNC(=O)C12CCN(C(=O)[C@@H](O)c1cccc(Cl)c1)CC2. The van der Waals surface area contributed by atoms with Crippen molar-refractivity contribution in [3.63, 3.8) is 0 Å². The molecule has 0 radical (unpaired) electrons. The van der Waals surface area contributed by atoms with Gasteiger partial charge in [0.2, 0.25) is 5.91 Å². The Morgan fingerprint density at radius 1 is 1.32 bits per heavy atom. The maximum absolute atomic E-state index is 12.6. The van der Waals surface area contributed by atoms with Gasteiger partial charge in [0, 0.05) is 31.2 Å². The Kier molecular flexibility index (Phi) is 5.32. The highest BCUT2D eigenvalue weighted by atomic mass is 35.5. The van der Waals surface area contributed by atoms with E-state index in [1.54, 1.807) is 29.2 Å². The summed E-state index contributed by atoms with van der Waals surface area (Å²) >= 11 is 5.94. The van der Waals surface area contributed by atoms with Crippen molar-refractivity contribution in [3.05, 3.63) is 34.9 Å². The molecule has 2 N–H and O–H groups in total. The number of nitrogens with one attached hydrogen (secondary N) is 1. The quantitative estimate of drug-likeness (QED) is 0.825. The summed E-state index contributed by atoms with van der Waals surface area (Å²) in [4.78, 5) is 28.9. The largest absolute Gasteiger partial charge is 0.378 e. The van der Waals surface area contributed by atoms with E-state index >= 15 is 0 Å². The first-order valence-electron chi connectivity index (χ1n) is 8.66. The Morgan fingerprint density at radius 3 is 2.72 bits per heavy atom. The highest BCUT2D eigenvalue weighted by molar-refractivity contribution is 6.30. The van der Waals surface area contributed by atoms with Crippen molar-refractivity contribution >= 4 is 23.4 Å². The lowest BCUT2D eigenvalue weighted by Crippen LogP contribution is -2.61. The molecule has 2 fully saturated rings. The van der Waals surface area contributed by atoms with Crippen LogP contribution < -0.4 is 5.32 Å². The summed E-state index contributed by atoms with van der Waals surface area (Å²) < 4.78 is 0. The number of nitrogens with zero attached hydrogens (tertiary/aromatic N) is 2. The molecule has 0 saturated carbocycles. The zero-order chi connectivity index (χ0) is 18.0. The Bertz CT molecular complexity index is 659. The number of benzene rings is 1. The van der Waals surface area contributed by atoms with E-state index in [0.717, 1.165) is 13.0 Å². The fourth-order valence-electron chi connectivity index (χ4n) is 3.77. The molecular formula is C18H24ClN3O3. The molecule has 25 heavy (non-hydrogen) atoms. The Labute approximate surface area is 152 Å². The third-order valence-electron chi connectivity index (χ3n) is 5.41. The lowest BCUT2D eigenvalue weighted by atomic mass is 9.84. The van der Waals surface area contributed by atoms with Crippen molar-refractivity contribution < 1.29 is 14.7 Å². The highest BCUT2D eigenvalue weighted by Crippen LogP contribution is 2.31. The molecule has 1 atom stereocenters. The van der Waals surface area contributed by atoms with E-state index in [1.807, 2.05) is 7.05 Å². The van der Waals surface area contributed by atoms with Gasteiger partial charge in [0.15, 0.2) is 6.10 Å². The number of hydrogen-bond acceptors (Lipinski definition) is 4. The maximum atomic E-state index is 12.6. The molecule has 0 aromatic heterocycles. The van der Waals surface area contributed by atoms with Crippen LogP contribution in [0, 0.1) is 0 Å². The number of halogens is 1. The first-order chi connectivity index (χ1) is 11.9. The third kappa shape index (κ3) is 3.52. The zero-order valence-corrected chi connectivity index (χ0v) is 15.1. The average Bonchev–Trinajstić information content (AvgIpc) is 2.75. The molecule has 3 rings (SSSR count). The third-order valence-corrected chi connectivity index (χ3v) is 5.64. The molecule has 2 aliphatic heterocycles. The summed E-state index contributed by atoms with van der Waals surface area (Å²) in [6, 6.07) is 6.70. The van der Waals surface area contributed by atoms with Gasteiger partial charge in [-0.1, -0.05) is 23.7 Å². The summed E-state index contributed by atoms with van der Waals surface area (Å²) in [6.07, 6.45) is 0.848. The second-order valence-corrected chi connectivity index (χ2v) is 7.28. The number of likely N-dealkylation sites (tertiary alicyclic amines) is 1. The summed E-state index contributed by atoms with van der Waals surface area (Å²) in [7, 11) is 1.98. The smallest absolute Gasteiger partial charge is 0.256 e. The molecule has 1 aromatic rings. The van der Waals surface area contributed by atoms with Crippen molar-refractivity contribution in [1.82, 2.24) is 15.1 Å². The van der Waals surface area contributed by atoms with Crippen LogP contribution in [0.2, 0.25) is 5.02 Å². The summed E-state index contributed by atoms with van der Waals surface area (Å²) in [5, 5.41) is 13.8. The number of hydrogen-bond donors (Lipinski definition) is 2. The predicted octanol–water partition coefficient (Wildman–Crippen LogP) is 1.19. The minimum absolute atomic E-state index is 0.0509. The van der Waals surface area contributed by atoms with Gasteiger partial charge in [0.05, 0.1) is 0 Å². The lowest BCUT2D eigenvalue weighted by Gasteiger charge is -2.45. The Hall–Kier alpha value is -1.63. The Morgan fingerprint density at radius 2 is 2.04 bits per heavy atom. The van der Waals surface area contributed by atoms with Gasteiger partial charge in [0.25, 0.3) is 5.91 Å². The summed E-state index contributed by atoms with van der Waals surface area (Å²) in [6.45, 7) is 2.46. The van der Waals surface area contributed by atoms with E-state index < -0.39 is 11.6 Å². The van der Waals surface area contributed by atoms with Gasteiger partial charge in [-0.3, -0.25) is 14.5 Å². The molecule has 2 saturated heterocycles. The summed E-state index contributed by atoms with van der Waals surface area (Å²) in [5.41, 5.74) is -0.0593. The molecule has 136 valence electrons. The van der Waals surface area contributed by atoms with E-state index in [9.17, 15) is 14.7 Å². The van der Waals surface area contributed by atoms with Crippen LogP contribution in [0.1, 0.15) is 30.9 Å². The van der Waals surface area contributed by atoms with Crippen LogP contribution in [-0.2, 0) is 9.59 Å². The molecule has 7 heteroatoms. The molecule has 1 spiro atoms. The molecule has 0 bridgehead atoms. The minimum atomic E-state index is -1.23. The number of likely N-dealkylation sites (N-methyl/N-ethyl adjacent to an activating group) is 1. The topological polar surface area (TPSA) is 72.9 Å². The standard InChI is InChI=1S/C18H24ClN3O3/c1-21-9-3-8-20-17(25)18(21)6-10-22(11-7-18)16(24)15(23)13-4-2-5-14(19)12-13/h2,4-5,12,15,23H,3,6-11H2,1H3,(H,20,25)/t15-/m0/s1. The van der Waals surface area contributed by atoms with Gasteiger partial charge < -0.3 is 15.3 Å². The average molecular weight is 366 g/mol. The van der Waals surface area contributed by atoms with E-state index in [-0.39, 0.29) is 11.8 Å². The fourth-order valence-corrected chi connectivity index (χ4v) is 3.97. The second kappa shape index (κ2) is 7.32. The van der Waals surface area contributed by atoms with E-state index in [1.165, 1.54) is 0 Å². The number of piperidine rings is 1. The van der Waals surface area contributed by atoms with Crippen molar-refractivity contribution in [1.29, 1.82) is 0 Å². The van der Waals surface area contributed by atoms with E-state index in [2.05, 4.69) is 10.2 Å². The molecule has 2 aliphatic rings. The lowest BCUT2D eigenvalue weighted by molar-refractivity contribution is -0.147. The highest BCUT2D eigenvalue weighted by Gasteiger charge is 2.46. The second-order valence-electron chi connectivity index (χ2n) is 6.85. The Balaban J connectivity index is 1.69. The molecular weight excluding hydrogens is 342 g/mol. The van der Waals surface area contributed by atoms with Gasteiger partial charge in [-0.15, -0.1) is 0 Å². The van der Waals surface area contributed by atoms with Gasteiger partial charge in [-0.2, -0.15) is 0 Å². The molecule has 0 unspecified atom stereocenters. The first-order valence-corrected chi connectivity index (χ1v) is 9.04. The van der Waals surface area contributed by atoms with Gasteiger partial charge in [-0.05, 0) is 44.0 Å². The molecule has 2 amide bonds. The normalized spacial score (nSPS) is 22.4. The fraction of sp³-hybridized carbons (Fsp3) is 0.556. The van der Waals surface area contributed by atoms with Crippen molar-refractivity contribution in [2.75, 3.05) is 33.2 Å². The first kappa shape index (κ1) is 18.2. The van der Waals surface area contributed by atoms with Crippen LogP contribution in [0.25, 0.3) is 0 Å². The van der Waals surface area contributed by atoms with Crippen LogP contribution in [-0.4, -0.2) is 65.5 Å². The number of aliphatic hydroxyl groups excluding tert-OH is 1. The van der Waals surface area contributed by atoms with Gasteiger partial charge in [0.1, 0.15) is 5.54 Å². The number of aliphatic hydroxyl groups is 1. The van der Waals surface area contributed by atoms with Crippen molar-refractivity contribution in [3.8, 4) is 0 Å². The van der Waals surface area contributed by atoms with E-state index in [0.29, 0.717) is 43.1 Å². The van der Waals surface area contributed by atoms with Gasteiger partial charge in [-0.25, -0.2) is 0 Å². The van der Waals surface area contributed by atoms with Crippen LogP contribution in [0.15, 0.2) is 24.3 Å². The minimum Gasteiger partial charge on any atom is -0.378 e. The molecule has 6 nitrogen and oxygen atoms in total. The van der Waals surface area contributed by atoms with Crippen molar-refractivity contribution in [2.24, 2.45) is 0 Å². The summed E-state index contributed by atoms with van der Waals surface area (Å²) in [5.74, 6) is -0.288. The van der Waals surface area contributed by atoms with Crippen molar-refractivity contribution in [2.45, 2.75) is 30.9 Å². The van der Waals surface area contributed by atoms with Crippen LogP contribution in [0.4, 0.5) is 0 Å².